The molecule has 1 atom stereocenters. The predicted octanol–water partition coefficient (Wildman–Crippen LogP) is 3.00. The lowest BCUT2D eigenvalue weighted by molar-refractivity contribution is -0.138. The highest BCUT2D eigenvalue weighted by atomic mass is 32.2. The molecule has 0 saturated heterocycles. The highest BCUT2D eigenvalue weighted by molar-refractivity contribution is 7.99. The van der Waals surface area contributed by atoms with Crippen molar-refractivity contribution in [2.45, 2.75) is 19.9 Å². The van der Waals surface area contributed by atoms with E-state index in [1.165, 1.54) is 18.5 Å². The predicted molar refractivity (Wildman–Crippen MR) is 94.8 cm³/mol. The van der Waals surface area contributed by atoms with Gasteiger partial charge in [0.05, 0.1) is 5.57 Å². The van der Waals surface area contributed by atoms with E-state index < -0.39 is 12.0 Å². The first-order valence-electron chi connectivity index (χ1n) is 7.99. The lowest BCUT2D eigenvalue weighted by atomic mass is 9.96. The van der Waals surface area contributed by atoms with Gasteiger partial charge in [-0.3, -0.25) is 0 Å². The summed E-state index contributed by atoms with van der Waals surface area (Å²) in [5.74, 6) is 1.40. The molecule has 2 aromatic rings. The molecule has 6 nitrogen and oxygen atoms in total. The average molecular weight is 362 g/mol. The summed E-state index contributed by atoms with van der Waals surface area (Å²) >= 11 is 1.70. The van der Waals surface area contributed by atoms with Gasteiger partial charge in [-0.05, 0) is 30.4 Å². The van der Waals surface area contributed by atoms with Crippen molar-refractivity contribution >= 4 is 23.7 Å². The fraction of sp³-hybridized carbons (Fsp3) is 0.353. The molecule has 0 amide bonds. The third kappa shape index (κ3) is 3.68. The molecule has 2 heterocycles. The number of aromatic nitrogens is 3. The molecule has 0 spiro atoms. The minimum Gasteiger partial charge on any atom is -0.461 e. The maximum atomic E-state index is 13.7. The van der Waals surface area contributed by atoms with Crippen molar-refractivity contribution in [3.8, 4) is 0 Å². The summed E-state index contributed by atoms with van der Waals surface area (Å²) in [5.41, 5.74) is 1.65. The molecular formula is C17H19FN4O2S. The fourth-order valence-corrected chi connectivity index (χ4v) is 3.25. The summed E-state index contributed by atoms with van der Waals surface area (Å²) in [4.78, 5) is 16.8. The zero-order valence-electron chi connectivity index (χ0n) is 14.0. The highest BCUT2D eigenvalue weighted by Crippen LogP contribution is 2.35. The Bertz CT molecular complexity index is 805. The summed E-state index contributed by atoms with van der Waals surface area (Å²) in [6.07, 6.45) is 1.40. The summed E-state index contributed by atoms with van der Waals surface area (Å²) in [6, 6.07) is 5.55. The van der Waals surface area contributed by atoms with Gasteiger partial charge in [0, 0.05) is 11.4 Å². The smallest absolute Gasteiger partial charge is 0.338 e. The largest absolute Gasteiger partial charge is 0.461 e. The number of carbonyl (C=O) groups excluding carboxylic acids is 1. The van der Waals surface area contributed by atoms with E-state index in [2.05, 4.69) is 22.3 Å². The molecule has 132 valence electrons. The number of halogens is 1. The fourth-order valence-electron chi connectivity index (χ4n) is 2.76. The third-order valence-corrected chi connectivity index (χ3v) is 4.71. The number of anilines is 1. The summed E-state index contributed by atoms with van der Waals surface area (Å²) in [5, 5.41) is 7.25. The van der Waals surface area contributed by atoms with Crippen LogP contribution in [0, 0.1) is 5.82 Å². The van der Waals surface area contributed by atoms with Gasteiger partial charge < -0.3 is 10.1 Å². The van der Waals surface area contributed by atoms with Crippen LogP contribution < -0.4 is 5.32 Å². The average Bonchev–Trinajstić information content (AvgIpc) is 3.05. The number of benzene rings is 1. The second-order valence-electron chi connectivity index (χ2n) is 5.48. The van der Waals surface area contributed by atoms with Gasteiger partial charge in [0.15, 0.2) is 0 Å². The first-order chi connectivity index (χ1) is 12.1. The topological polar surface area (TPSA) is 69.0 Å². The van der Waals surface area contributed by atoms with E-state index >= 15 is 0 Å². The van der Waals surface area contributed by atoms with Gasteiger partial charge in [-0.2, -0.15) is 21.8 Å². The quantitative estimate of drug-likeness (QED) is 0.629. The van der Waals surface area contributed by atoms with Crippen molar-refractivity contribution in [2.24, 2.45) is 0 Å². The number of allylic oxidation sites excluding steroid dienone is 1. The van der Waals surface area contributed by atoms with Gasteiger partial charge >= 0.3 is 5.97 Å². The van der Waals surface area contributed by atoms with E-state index in [1.807, 2.05) is 0 Å². The van der Waals surface area contributed by atoms with Gasteiger partial charge in [0.25, 0.3) is 0 Å². The zero-order chi connectivity index (χ0) is 17.8. The van der Waals surface area contributed by atoms with E-state index in [-0.39, 0.29) is 5.82 Å². The minimum atomic E-state index is -0.583. The summed E-state index contributed by atoms with van der Waals surface area (Å²) in [7, 11) is 0. The van der Waals surface area contributed by atoms with E-state index in [9.17, 15) is 9.18 Å². The van der Waals surface area contributed by atoms with Crippen molar-refractivity contribution in [1.82, 2.24) is 14.8 Å². The van der Waals surface area contributed by atoms with Crippen LogP contribution in [0.15, 0.2) is 41.9 Å². The number of hydrogen-bond donors (Lipinski definition) is 1. The molecule has 0 aliphatic carbocycles. The third-order valence-electron chi connectivity index (χ3n) is 3.84. The minimum absolute atomic E-state index is 0.328. The molecule has 0 unspecified atom stereocenters. The number of nitrogens with one attached hydrogen (secondary N) is 1. The Morgan fingerprint density at radius 2 is 2.32 bits per heavy atom. The van der Waals surface area contributed by atoms with Gasteiger partial charge in [-0.25, -0.2) is 13.9 Å². The Morgan fingerprint density at radius 1 is 1.48 bits per heavy atom. The van der Waals surface area contributed by atoms with Crippen LogP contribution in [0.4, 0.5) is 10.3 Å². The lowest BCUT2D eigenvalue weighted by Gasteiger charge is -2.28. The number of esters is 1. The number of ether oxygens (including phenoxy) is 1. The molecular weight excluding hydrogens is 343 g/mol. The number of nitrogens with zero attached hydrogens (tertiary/aromatic N) is 3. The van der Waals surface area contributed by atoms with E-state index in [4.69, 9.17) is 4.74 Å². The number of thioether (sulfide) groups is 1. The SMILES string of the molecule is CCSCCOC(=O)C1=C(C)Nc2ncnn2[C@H]1c1cccc(F)c1. The summed E-state index contributed by atoms with van der Waals surface area (Å²) in [6.45, 7) is 4.16. The van der Waals surface area contributed by atoms with Crippen LogP contribution in [0.5, 0.6) is 0 Å². The molecule has 25 heavy (non-hydrogen) atoms. The van der Waals surface area contributed by atoms with Crippen LogP contribution in [0.3, 0.4) is 0 Å². The van der Waals surface area contributed by atoms with Crippen LogP contribution in [0.1, 0.15) is 25.5 Å². The molecule has 1 aliphatic heterocycles. The summed E-state index contributed by atoms with van der Waals surface area (Å²) < 4.78 is 20.7. The molecule has 3 rings (SSSR count). The Hall–Kier alpha value is -2.35. The lowest BCUT2D eigenvalue weighted by Crippen LogP contribution is -2.30. The molecule has 1 aromatic heterocycles. The van der Waals surface area contributed by atoms with Crippen LogP contribution >= 0.6 is 11.8 Å². The van der Waals surface area contributed by atoms with E-state index in [0.717, 1.165) is 11.5 Å². The van der Waals surface area contributed by atoms with Crippen molar-refractivity contribution in [3.05, 3.63) is 53.2 Å². The van der Waals surface area contributed by atoms with E-state index in [1.54, 1.807) is 35.5 Å². The molecule has 1 N–H and O–H groups in total. The van der Waals surface area contributed by atoms with Crippen LogP contribution in [0.25, 0.3) is 0 Å². The molecule has 0 bridgehead atoms. The Kier molecular flexibility index (Phi) is 5.37. The van der Waals surface area contributed by atoms with Crippen LogP contribution in [0.2, 0.25) is 0 Å². The maximum absolute atomic E-state index is 13.7. The zero-order valence-corrected chi connectivity index (χ0v) is 14.8. The number of hydrogen-bond acceptors (Lipinski definition) is 6. The van der Waals surface area contributed by atoms with Crippen molar-refractivity contribution in [2.75, 3.05) is 23.4 Å². The van der Waals surface area contributed by atoms with Crippen molar-refractivity contribution in [3.63, 3.8) is 0 Å². The molecule has 0 radical (unpaired) electrons. The second-order valence-corrected chi connectivity index (χ2v) is 6.88. The highest BCUT2D eigenvalue weighted by Gasteiger charge is 2.34. The number of rotatable bonds is 6. The first kappa shape index (κ1) is 17.5. The molecule has 8 heteroatoms. The maximum Gasteiger partial charge on any atom is 0.338 e. The Morgan fingerprint density at radius 3 is 3.08 bits per heavy atom. The van der Waals surface area contributed by atoms with Crippen LogP contribution in [-0.4, -0.2) is 38.8 Å². The van der Waals surface area contributed by atoms with Crippen molar-refractivity contribution < 1.29 is 13.9 Å². The van der Waals surface area contributed by atoms with Gasteiger partial charge in [0.2, 0.25) is 5.95 Å². The van der Waals surface area contributed by atoms with E-state index in [0.29, 0.717) is 29.4 Å². The van der Waals surface area contributed by atoms with Gasteiger partial charge in [-0.15, -0.1) is 0 Å². The number of carbonyl (C=O) groups is 1. The molecule has 1 aliphatic rings. The standard InChI is InChI=1S/C17H19FN4O2S/c1-3-25-8-7-24-16(23)14-11(2)21-17-19-10-20-22(17)15(14)12-5-4-6-13(18)9-12/h4-6,9-10,15H,3,7-8H2,1-2H3,(H,19,20,21)/t15-/m0/s1. The normalized spacial score (nSPS) is 16.4. The molecule has 0 saturated carbocycles. The Labute approximate surface area is 149 Å². The first-order valence-corrected chi connectivity index (χ1v) is 9.15. The Balaban J connectivity index is 1.94. The van der Waals surface area contributed by atoms with Crippen LogP contribution in [-0.2, 0) is 9.53 Å². The molecule has 0 fully saturated rings. The molecule has 1 aromatic carbocycles. The second kappa shape index (κ2) is 7.69. The van der Waals surface area contributed by atoms with Crippen molar-refractivity contribution in [1.29, 1.82) is 0 Å². The number of fused-ring (bicyclic) bond motifs is 1. The monoisotopic (exact) mass is 362 g/mol. The van der Waals surface area contributed by atoms with Gasteiger partial charge in [-0.1, -0.05) is 19.1 Å². The van der Waals surface area contributed by atoms with Gasteiger partial charge in [0.1, 0.15) is 24.8 Å².